The van der Waals surface area contributed by atoms with Crippen LogP contribution in [-0.2, 0) is 9.59 Å². The number of aliphatic hydroxyl groups excluding tert-OH is 1. The number of carbonyl (C=O) groups excluding carboxylic acids is 2. The summed E-state index contributed by atoms with van der Waals surface area (Å²) in [7, 11) is 0. The number of carbonyl (C=O) groups is 2. The monoisotopic (exact) mass is 544 g/mol. The number of anilines is 1. The number of aryl methyl sites for hydroxylation is 1. The molecular formula is C30H32N4O4S. The maximum absolute atomic E-state index is 13.3. The van der Waals surface area contributed by atoms with Gasteiger partial charge in [-0.2, -0.15) is 0 Å². The normalized spacial score (nSPS) is 19.8. The molecule has 0 radical (unpaired) electrons. The zero-order valence-electron chi connectivity index (χ0n) is 22.0. The summed E-state index contributed by atoms with van der Waals surface area (Å²) < 4.78 is 6.96. The fourth-order valence-corrected chi connectivity index (χ4v) is 6.42. The van der Waals surface area contributed by atoms with Crippen LogP contribution in [0.3, 0.4) is 0 Å². The standard InChI is InChI=1S/C30H32N4O4S/c1-20-31-26-16-24(9-10-28(26)39-20)38-19-23(35)18-33-13-11-32(12-14-33)17-22-15-29(36)34(30(22)37)27-8-4-6-21-5-2-3-7-25(21)27/h2-10,16,22-23,35H,11-15,17-19H2,1H3/t22?,23-/m1/s1. The van der Waals surface area contributed by atoms with E-state index in [0.717, 1.165) is 52.2 Å². The van der Waals surface area contributed by atoms with Crippen molar-refractivity contribution in [3.05, 3.63) is 65.7 Å². The molecule has 1 N–H and O–H groups in total. The molecule has 0 spiro atoms. The van der Waals surface area contributed by atoms with Gasteiger partial charge in [0.15, 0.2) is 0 Å². The van der Waals surface area contributed by atoms with E-state index in [-0.39, 0.29) is 30.8 Å². The molecule has 0 aliphatic carbocycles. The molecule has 4 aromatic rings. The minimum atomic E-state index is -0.604. The van der Waals surface area contributed by atoms with Gasteiger partial charge in [-0.3, -0.25) is 19.4 Å². The zero-order valence-corrected chi connectivity index (χ0v) is 22.8. The number of thiazole rings is 1. The molecule has 0 bridgehead atoms. The van der Waals surface area contributed by atoms with Crippen LogP contribution < -0.4 is 9.64 Å². The van der Waals surface area contributed by atoms with E-state index < -0.39 is 6.10 Å². The molecular weight excluding hydrogens is 512 g/mol. The Labute approximate surface area is 231 Å². The molecule has 39 heavy (non-hydrogen) atoms. The van der Waals surface area contributed by atoms with E-state index in [0.29, 0.717) is 24.5 Å². The molecule has 1 unspecified atom stereocenters. The van der Waals surface area contributed by atoms with Crippen LogP contribution in [0.15, 0.2) is 60.7 Å². The van der Waals surface area contributed by atoms with Crippen molar-refractivity contribution in [2.45, 2.75) is 19.4 Å². The van der Waals surface area contributed by atoms with Crippen molar-refractivity contribution >= 4 is 49.8 Å². The van der Waals surface area contributed by atoms with Crippen LogP contribution in [0.2, 0.25) is 0 Å². The summed E-state index contributed by atoms with van der Waals surface area (Å²) in [6.45, 7) is 6.48. The third-order valence-corrected chi connectivity index (χ3v) is 8.52. The van der Waals surface area contributed by atoms with Gasteiger partial charge in [-0.15, -0.1) is 11.3 Å². The Bertz CT molecular complexity index is 1510. The zero-order chi connectivity index (χ0) is 26.9. The molecule has 3 heterocycles. The minimum Gasteiger partial charge on any atom is -0.491 e. The van der Waals surface area contributed by atoms with Crippen molar-refractivity contribution in [1.29, 1.82) is 0 Å². The summed E-state index contributed by atoms with van der Waals surface area (Å²) in [4.78, 5) is 36.6. The Hall–Kier alpha value is -3.37. The van der Waals surface area contributed by atoms with Gasteiger partial charge < -0.3 is 9.84 Å². The number of aliphatic hydroxyl groups is 1. The smallest absolute Gasteiger partial charge is 0.238 e. The van der Waals surface area contributed by atoms with E-state index in [1.54, 1.807) is 11.3 Å². The summed E-state index contributed by atoms with van der Waals surface area (Å²) >= 11 is 1.65. The first kappa shape index (κ1) is 25.9. The number of rotatable bonds is 8. The summed E-state index contributed by atoms with van der Waals surface area (Å²) in [5.41, 5.74) is 1.59. The molecule has 0 saturated carbocycles. The Morgan fingerprint density at radius 1 is 1.03 bits per heavy atom. The molecule has 2 fully saturated rings. The van der Waals surface area contributed by atoms with Gasteiger partial charge in [0.05, 0.1) is 26.8 Å². The SMILES string of the molecule is Cc1nc2cc(OC[C@H](O)CN3CCN(CC4CC(=O)N(c5cccc6ccccc56)C4=O)CC3)ccc2s1. The molecule has 6 rings (SSSR count). The molecule has 8 nitrogen and oxygen atoms in total. The van der Waals surface area contributed by atoms with Gasteiger partial charge in [0, 0.05) is 57.1 Å². The van der Waals surface area contributed by atoms with Gasteiger partial charge in [0.25, 0.3) is 0 Å². The lowest BCUT2D eigenvalue weighted by Crippen LogP contribution is -2.50. The van der Waals surface area contributed by atoms with Crippen molar-refractivity contribution < 1.29 is 19.4 Å². The molecule has 2 amide bonds. The molecule has 2 saturated heterocycles. The molecule has 2 atom stereocenters. The highest BCUT2D eigenvalue weighted by Crippen LogP contribution is 2.33. The van der Waals surface area contributed by atoms with Crippen LogP contribution in [0.5, 0.6) is 5.75 Å². The van der Waals surface area contributed by atoms with E-state index in [2.05, 4.69) is 14.8 Å². The highest BCUT2D eigenvalue weighted by molar-refractivity contribution is 7.18. The number of benzene rings is 3. The van der Waals surface area contributed by atoms with Gasteiger partial charge in [0.1, 0.15) is 18.5 Å². The highest BCUT2D eigenvalue weighted by Gasteiger charge is 2.41. The molecule has 202 valence electrons. The van der Waals surface area contributed by atoms with Crippen LogP contribution in [0, 0.1) is 12.8 Å². The Balaban J connectivity index is 0.985. The summed E-state index contributed by atoms with van der Waals surface area (Å²) in [6.07, 6.45) is -0.363. The second-order valence-electron chi connectivity index (χ2n) is 10.4. The van der Waals surface area contributed by atoms with Crippen molar-refractivity contribution in [3.8, 4) is 5.75 Å². The first-order valence-electron chi connectivity index (χ1n) is 13.4. The van der Waals surface area contributed by atoms with E-state index in [1.165, 1.54) is 4.90 Å². The number of imide groups is 1. The molecule has 1 aromatic heterocycles. The summed E-state index contributed by atoms with van der Waals surface area (Å²) in [5, 5.41) is 13.5. The maximum atomic E-state index is 13.3. The van der Waals surface area contributed by atoms with Crippen molar-refractivity contribution in [3.63, 3.8) is 0 Å². The van der Waals surface area contributed by atoms with Crippen LogP contribution >= 0.6 is 11.3 Å². The lowest BCUT2D eigenvalue weighted by atomic mass is 10.1. The van der Waals surface area contributed by atoms with Crippen LogP contribution in [0.4, 0.5) is 5.69 Å². The van der Waals surface area contributed by atoms with E-state index >= 15 is 0 Å². The third-order valence-electron chi connectivity index (χ3n) is 7.57. The van der Waals surface area contributed by atoms with Gasteiger partial charge in [-0.05, 0) is 30.5 Å². The second-order valence-corrected chi connectivity index (χ2v) is 11.6. The largest absolute Gasteiger partial charge is 0.491 e. The van der Waals surface area contributed by atoms with Gasteiger partial charge in [-0.25, -0.2) is 9.88 Å². The van der Waals surface area contributed by atoms with Crippen molar-refractivity contribution in [2.75, 3.05) is 50.8 Å². The number of amides is 2. The number of aromatic nitrogens is 1. The third kappa shape index (κ3) is 5.53. The molecule has 9 heteroatoms. The number of β-amino-alcohol motifs (C(OH)–C–C–N with tert-alkyl or cyclic N) is 1. The van der Waals surface area contributed by atoms with Crippen molar-refractivity contribution in [1.82, 2.24) is 14.8 Å². The van der Waals surface area contributed by atoms with Crippen LogP contribution in [0.1, 0.15) is 11.4 Å². The predicted molar refractivity (Wildman–Crippen MR) is 153 cm³/mol. The molecule has 2 aliphatic rings. The maximum Gasteiger partial charge on any atom is 0.238 e. The van der Waals surface area contributed by atoms with Crippen molar-refractivity contribution in [2.24, 2.45) is 5.92 Å². The molecule has 2 aliphatic heterocycles. The summed E-state index contributed by atoms with van der Waals surface area (Å²) in [6, 6.07) is 19.4. The Morgan fingerprint density at radius 2 is 1.79 bits per heavy atom. The lowest BCUT2D eigenvalue weighted by Gasteiger charge is -2.36. The van der Waals surface area contributed by atoms with Crippen LogP contribution in [0.25, 0.3) is 21.0 Å². The van der Waals surface area contributed by atoms with Gasteiger partial charge in [0.2, 0.25) is 11.8 Å². The van der Waals surface area contributed by atoms with Crippen LogP contribution in [-0.4, -0.2) is 83.7 Å². The Morgan fingerprint density at radius 3 is 2.64 bits per heavy atom. The number of nitrogens with zero attached hydrogens (tertiary/aromatic N) is 4. The average Bonchev–Trinajstić information content (AvgIpc) is 3.44. The topological polar surface area (TPSA) is 86.2 Å². The van der Waals surface area contributed by atoms with E-state index in [4.69, 9.17) is 4.74 Å². The number of hydrogen-bond donors (Lipinski definition) is 1. The lowest BCUT2D eigenvalue weighted by molar-refractivity contribution is -0.122. The van der Waals surface area contributed by atoms with Gasteiger partial charge >= 0.3 is 0 Å². The second kappa shape index (κ2) is 11.0. The fourth-order valence-electron chi connectivity index (χ4n) is 5.62. The first-order chi connectivity index (χ1) is 18.9. The quantitative estimate of drug-likeness (QED) is 0.339. The van der Waals surface area contributed by atoms with E-state index in [1.807, 2.05) is 67.6 Å². The summed E-state index contributed by atoms with van der Waals surface area (Å²) in [5.74, 6) is 0.135. The van der Waals surface area contributed by atoms with E-state index in [9.17, 15) is 14.7 Å². The highest BCUT2D eigenvalue weighted by atomic mass is 32.1. The number of piperazine rings is 1. The number of ether oxygens (including phenoxy) is 1. The number of hydrogen-bond acceptors (Lipinski definition) is 8. The minimum absolute atomic E-state index is 0.114. The Kier molecular flexibility index (Phi) is 7.31. The van der Waals surface area contributed by atoms with Gasteiger partial charge in [-0.1, -0.05) is 36.4 Å². The average molecular weight is 545 g/mol. The molecule has 3 aromatic carbocycles. The fraction of sp³-hybridized carbons (Fsp3) is 0.367. The predicted octanol–water partition coefficient (Wildman–Crippen LogP) is 3.69. The first-order valence-corrected chi connectivity index (χ1v) is 14.2. The number of fused-ring (bicyclic) bond motifs is 2.